The van der Waals surface area contributed by atoms with Crippen molar-refractivity contribution in [1.82, 2.24) is 0 Å². The zero-order valence-corrected chi connectivity index (χ0v) is 31.4. The van der Waals surface area contributed by atoms with Gasteiger partial charge in [0.1, 0.15) is 0 Å². The van der Waals surface area contributed by atoms with Gasteiger partial charge in [-0.05, 0) is 150 Å². The van der Waals surface area contributed by atoms with Gasteiger partial charge in [-0.25, -0.2) is 0 Å². The molecule has 4 saturated carbocycles. The Morgan fingerprint density at radius 1 is 0.519 bits per heavy atom. The molecule has 1 spiro atoms. The molecule has 0 atom stereocenters. The highest BCUT2D eigenvalue weighted by Crippen LogP contribution is 2.70. The summed E-state index contributed by atoms with van der Waals surface area (Å²) >= 11 is 7.72. The molecule has 0 amide bonds. The van der Waals surface area contributed by atoms with E-state index in [9.17, 15) is 0 Å². The zero-order valence-electron chi connectivity index (χ0n) is 30.6. The third-order valence-electron chi connectivity index (χ3n) is 13.7. The second-order valence-electron chi connectivity index (χ2n) is 16.6. The molecule has 12 rings (SSSR count). The third kappa shape index (κ3) is 4.97. The maximum atomic E-state index is 7.72. The standard InChI is InChI=1S/C52H44ClN/c53-49-33-44(54(43-23-20-38(21-24-43)36-12-4-1-5-13-36)50-19-11-10-18-45(50)39-16-8-3-9-17-39)32-48-51(49)46-25-22-40(37-14-6-2-7-15-37)31-47(46)52(48)41-27-34-26-35(29-41)30-42(52)28-34/h1-2,4-8,10-25,31-35,41-42H,3,9,26-30H2. The summed E-state index contributed by atoms with van der Waals surface area (Å²) in [4.78, 5) is 2.49. The van der Waals surface area contributed by atoms with Crippen molar-refractivity contribution >= 4 is 34.2 Å². The second kappa shape index (κ2) is 12.7. The van der Waals surface area contributed by atoms with Crippen LogP contribution in [0.15, 0.2) is 158 Å². The summed E-state index contributed by atoms with van der Waals surface area (Å²) in [6.45, 7) is 0. The van der Waals surface area contributed by atoms with E-state index in [1.165, 1.54) is 93.4 Å². The molecule has 6 aromatic carbocycles. The van der Waals surface area contributed by atoms with Crippen molar-refractivity contribution < 1.29 is 0 Å². The van der Waals surface area contributed by atoms with Crippen LogP contribution >= 0.6 is 11.6 Å². The molecule has 2 heteroatoms. The Kier molecular flexibility index (Phi) is 7.63. The third-order valence-corrected chi connectivity index (χ3v) is 14.0. The van der Waals surface area contributed by atoms with Crippen molar-refractivity contribution in [3.05, 3.63) is 179 Å². The smallest absolute Gasteiger partial charge is 0.0539 e. The van der Waals surface area contributed by atoms with Crippen LogP contribution in [0, 0.1) is 23.7 Å². The number of hydrogen-bond donors (Lipinski definition) is 0. The first-order chi connectivity index (χ1) is 26.6. The minimum atomic E-state index is -0.0283. The first-order valence-electron chi connectivity index (χ1n) is 20.1. The van der Waals surface area contributed by atoms with E-state index in [0.717, 1.165) is 41.1 Å². The molecule has 4 bridgehead atoms. The van der Waals surface area contributed by atoms with Crippen molar-refractivity contribution in [3.63, 3.8) is 0 Å². The van der Waals surface area contributed by atoms with Gasteiger partial charge in [0.25, 0.3) is 0 Å². The quantitative estimate of drug-likeness (QED) is 0.166. The second-order valence-corrected chi connectivity index (χ2v) is 17.0. The molecule has 6 aromatic rings. The van der Waals surface area contributed by atoms with E-state index < -0.39 is 0 Å². The van der Waals surface area contributed by atoms with Crippen molar-refractivity contribution in [2.45, 2.75) is 50.4 Å². The SMILES string of the molecule is Clc1cc(N(c2ccc(-c3ccccc3)cc2)c2ccccc2C2=CCCC=C2)cc2c1-c1ccc(-c3ccccc3)cc1C21C2CC3CC(C2)CC1C3. The molecular weight excluding hydrogens is 674 g/mol. The lowest BCUT2D eigenvalue weighted by molar-refractivity contribution is -0.0399. The van der Waals surface area contributed by atoms with Gasteiger partial charge >= 0.3 is 0 Å². The van der Waals surface area contributed by atoms with Gasteiger partial charge in [-0.2, -0.15) is 0 Å². The summed E-state index contributed by atoms with van der Waals surface area (Å²) in [5.74, 6) is 3.00. The Balaban J connectivity index is 1.13. The van der Waals surface area contributed by atoms with Gasteiger partial charge < -0.3 is 4.90 Å². The van der Waals surface area contributed by atoms with E-state index in [-0.39, 0.29) is 5.41 Å². The summed E-state index contributed by atoms with van der Waals surface area (Å²) in [6, 6.07) is 51.9. The predicted octanol–water partition coefficient (Wildman–Crippen LogP) is 14.6. The number of nitrogens with zero attached hydrogens (tertiary/aromatic N) is 1. The lowest BCUT2D eigenvalue weighted by Gasteiger charge is -2.61. The molecule has 0 N–H and O–H groups in total. The maximum absolute atomic E-state index is 7.72. The number of allylic oxidation sites excluding steroid dienone is 4. The fourth-order valence-corrected chi connectivity index (χ4v) is 12.1. The van der Waals surface area contributed by atoms with Crippen molar-refractivity contribution in [1.29, 1.82) is 0 Å². The first-order valence-corrected chi connectivity index (χ1v) is 20.5. The van der Waals surface area contributed by atoms with Crippen molar-refractivity contribution in [2.24, 2.45) is 23.7 Å². The lowest BCUT2D eigenvalue weighted by Crippen LogP contribution is -2.55. The molecule has 0 aliphatic heterocycles. The van der Waals surface area contributed by atoms with Gasteiger partial charge in [0, 0.05) is 27.9 Å². The van der Waals surface area contributed by atoms with Crippen LogP contribution in [-0.4, -0.2) is 0 Å². The summed E-state index contributed by atoms with van der Waals surface area (Å²) < 4.78 is 0. The van der Waals surface area contributed by atoms with Crippen LogP contribution in [0.25, 0.3) is 39.0 Å². The van der Waals surface area contributed by atoms with Gasteiger partial charge in [-0.15, -0.1) is 0 Å². The summed E-state index contributed by atoms with van der Waals surface area (Å²) in [5.41, 5.74) is 16.6. The molecule has 6 aliphatic carbocycles. The minimum Gasteiger partial charge on any atom is -0.310 e. The summed E-state index contributed by atoms with van der Waals surface area (Å²) in [7, 11) is 0. The van der Waals surface area contributed by atoms with E-state index in [1.807, 2.05) is 0 Å². The predicted molar refractivity (Wildman–Crippen MR) is 227 cm³/mol. The van der Waals surface area contributed by atoms with Gasteiger partial charge in [0.15, 0.2) is 0 Å². The van der Waals surface area contributed by atoms with E-state index in [0.29, 0.717) is 11.8 Å². The van der Waals surface area contributed by atoms with Gasteiger partial charge in [-0.1, -0.05) is 133 Å². The zero-order chi connectivity index (χ0) is 35.8. The Bertz CT molecular complexity index is 2430. The Morgan fingerprint density at radius 2 is 1.15 bits per heavy atom. The van der Waals surface area contributed by atoms with Crippen LogP contribution in [-0.2, 0) is 5.41 Å². The Hall–Kier alpha value is -5.11. The highest BCUT2D eigenvalue weighted by molar-refractivity contribution is 6.34. The Morgan fingerprint density at radius 3 is 1.83 bits per heavy atom. The molecule has 0 radical (unpaired) electrons. The normalized spacial score (nSPS) is 24.4. The molecule has 0 aromatic heterocycles. The molecule has 6 aliphatic rings. The number of benzene rings is 6. The maximum Gasteiger partial charge on any atom is 0.0539 e. The molecule has 0 heterocycles. The highest BCUT2D eigenvalue weighted by atomic mass is 35.5. The van der Waals surface area contributed by atoms with Crippen molar-refractivity contribution in [3.8, 4) is 33.4 Å². The fourth-order valence-electron chi connectivity index (χ4n) is 11.8. The largest absolute Gasteiger partial charge is 0.310 e. The summed E-state index contributed by atoms with van der Waals surface area (Å²) in [5, 5.41) is 0.863. The average molecular weight is 718 g/mol. The molecule has 264 valence electrons. The number of fused-ring (bicyclic) bond motifs is 3. The van der Waals surface area contributed by atoms with Crippen LogP contribution in [0.4, 0.5) is 17.1 Å². The van der Waals surface area contributed by atoms with Crippen LogP contribution in [0.3, 0.4) is 0 Å². The van der Waals surface area contributed by atoms with Crippen LogP contribution in [0.1, 0.15) is 61.6 Å². The molecule has 54 heavy (non-hydrogen) atoms. The fraction of sp³-hybridized carbons (Fsp3) is 0.231. The molecule has 0 saturated heterocycles. The number of halogens is 1. The van der Waals surface area contributed by atoms with Gasteiger partial charge in [-0.3, -0.25) is 0 Å². The Labute approximate surface area is 324 Å². The number of rotatable bonds is 6. The lowest BCUT2D eigenvalue weighted by atomic mass is 9.43. The number of anilines is 3. The first kappa shape index (κ1) is 32.3. The van der Waals surface area contributed by atoms with Crippen molar-refractivity contribution in [2.75, 3.05) is 4.90 Å². The topological polar surface area (TPSA) is 3.24 Å². The minimum absolute atomic E-state index is 0.0283. The molecule has 0 unspecified atom stereocenters. The number of hydrogen-bond acceptors (Lipinski definition) is 1. The monoisotopic (exact) mass is 717 g/mol. The molecule has 1 nitrogen and oxygen atoms in total. The number of para-hydroxylation sites is 1. The van der Waals surface area contributed by atoms with E-state index in [4.69, 9.17) is 11.6 Å². The summed E-state index contributed by atoms with van der Waals surface area (Å²) in [6.07, 6.45) is 15.9. The highest BCUT2D eigenvalue weighted by Gasteiger charge is 2.62. The van der Waals surface area contributed by atoms with E-state index >= 15 is 0 Å². The van der Waals surface area contributed by atoms with Gasteiger partial charge in [0.2, 0.25) is 0 Å². The van der Waals surface area contributed by atoms with Crippen LogP contribution in [0.2, 0.25) is 5.02 Å². The average Bonchev–Trinajstić information content (AvgIpc) is 3.51. The van der Waals surface area contributed by atoms with Crippen LogP contribution < -0.4 is 4.90 Å². The molecular formula is C52H44ClN. The van der Waals surface area contributed by atoms with Crippen LogP contribution in [0.5, 0.6) is 0 Å². The van der Waals surface area contributed by atoms with E-state index in [1.54, 1.807) is 0 Å². The van der Waals surface area contributed by atoms with Gasteiger partial charge in [0.05, 0.1) is 10.7 Å². The van der Waals surface area contributed by atoms with E-state index in [2.05, 4.69) is 163 Å². The molecule has 4 fully saturated rings.